The maximum Gasteiger partial charge on any atom is 0.154 e. The fourth-order valence-corrected chi connectivity index (χ4v) is 2.96. The Bertz CT molecular complexity index is 792. The fraction of sp³-hybridized carbons (Fsp3) is 0.250. The number of halogens is 1. The molecular weight excluding hydrogens is 314 g/mol. The van der Waals surface area contributed by atoms with Crippen molar-refractivity contribution < 1.29 is 0 Å². The van der Waals surface area contributed by atoms with Crippen LogP contribution in [-0.4, -0.2) is 14.6 Å². The molecule has 0 amide bonds. The average molecular weight is 330 g/mol. The summed E-state index contributed by atoms with van der Waals surface area (Å²) in [6.07, 6.45) is 1.88. The van der Waals surface area contributed by atoms with Crippen molar-refractivity contribution in [3.63, 3.8) is 0 Å². The average Bonchev–Trinajstić information content (AvgIpc) is 2.76. The standard InChI is InChI=1S/C16H16BrN3/c1-9-7-10(2)12(4)16(11(9)3)13-5-6-15-18-14(17)8-20(15)19-13/h5-8H,1-4H3. The van der Waals surface area contributed by atoms with Gasteiger partial charge in [-0.05, 0) is 78.0 Å². The van der Waals surface area contributed by atoms with E-state index in [1.165, 1.54) is 27.8 Å². The zero-order valence-electron chi connectivity index (χ0n) is 12.0. The number of imidazole rings is 1. The lowest BCUT2D eigenvalue weighted by Crippen LogP contribution is -1.99. The molecule has 0 fully saturated rings. The molecule has 0 N–H and O–H groups in total. The summed E-state index contributed by atoms with van der Waals surface area (Å²) >= 11 is 3.39. The molecule has 0 saturated carbocycles. The molecule has 0 aliphatic heterocycles. The molecular formula is C16H16BrN3. The lowest BCUT2D eigenvalue weighted by atomic mass is 9.92. The smallest absolute Gasteiger partial charge is 0.154 e. The van der Waals surface area contributed by atoms with Crippen molar-refractivity contribution in [3.8, 4) is 11.3 Å². The van der Waals surface area contributed by atoms with E-state index in [1.54, 1.807) is 0 Å². The van der Waals surface area contributed by atoms with Crippen LogP contribution in [0.25, 0.3) is 16.9 Å². The molecule has 1 aromatic carbocycles. The van der Waals surface area contributed by atoms with Crippen LogP contribution in [-0.2, 0) is 0 Å². The van der Waals surface area contributed by atoms with E-state index in [-0.39, 0.29) is 0 Å². The molecule has 0 spiro atoms. The van der Waals surface area contributed by atoms with Crippen LogP contribution in [0.1, 0.15) is 22.3 Å². The summed E-state index contributed by atoms with van der Waals surface area (Å²) in [5, 5.41) is 4.69. The van der Waals surface area contributed by atoms with Gasteiger partial charge in [-0.25, -0.2) is 9.50 Å². The molecule has 0 aliphatic rings. The zero-order chi connectivity index (χ0) is 14.4. The summed E-state index contributed by atoms with van der Waals surface area (Å²) in [5.41, 5.74) is 8.26. The molecule has 2 heterocycles. The third kappa shape index (κ3) is 2.04. The molecule has 0 bridgehead atoms. The van der Waals surface area contributed by atoms with Crippen LogP contribution in [0.4, 0.5) is 0 Å². The largest absolute Gasteiger partial charge is 0.220 e. The molecule has 0 saturated heterocycles. The van der Waals surface area contributed by atoms with Crippen molar-refractivity contribution in [3.05, 3.63) is 51.3 Å². The van der Waals surface area contributed by atoms with Gasteiger partial charge in [-0.1, -0.05) is 6.07 Å². The van der Waals surface area contributed by atoms with Gasteiger partial charge in [-0.2, -0.15) is 5.10 Å². The van der Waals surface area contributed by atoms with Crippen molar-refractivity contribution in [1.82, 2.24) is 14.6 Å². The van der Waals surface area contributed by atoms with Crippen LogP contribution < -0.4 is 0 Å². The maximum atomic E-state index is 4.69. The Balaban J connectivity index is 2.30. The van der Waals surface area contributed by atoms with Crippen LogP contribution in [0, 0.1) is 27.7 Å². The summed E-state index contributed by atoms with van der Waals surface area (Å²) in [4.78, 5) is 4.35. The van der Waals surface area contributed by atoms with E-state index in [4.69, 9.17) is 5.10 Å². The van der Waals surface area contributed by atoms with Crippen LogP contribution >= 0.6 is 15.9 Å². The Hall–Kier alpha value is -1.68. The van der Waals surface area contributed by atoms with Gasteiger partial charge in [0.1, 0.15) is 4.60 Å². The zero-order valence-corrected chi connectivity index (χ0v) is 13.6. The number of fused-ring (bicyclic) bond motifs is 1. The lowest BCUT2D eigenvalue weighted by Gasteiger charge is -2.14. The Labute approximate surface area is 126 Å². The second-order valence-electron chi connectivity index (χ2n) is 5.22. The van der Waals surface area contributed by atoms with E-state index < -0.39 is 0 Å². The van der Waals surface area contributed by atoms with Gasteiger partial charge in [0, 0.05) is 5.56 Å². The molecule has 3 aromatic rings. The third-order valence-corrected chi connectivity index (χ3v) is 4.29. The summed E-state index contributed by atoms with van der Waals surface area (Å²) in [5.74, 6) is 0. The summed E-state index contributed by atoms with van der Waals surface area (Å²) in [7, 11) is 0. The predicted molar refractivity (Wildman–Crippen MR) is 85.1 cm³/mol. The van der Waals surface area contributed by atoms with E-state index in [0.29, 0.717) is 0 Å². The SMILES string of the molecule is Cc1cc(C)c(C)c(-c2ccc3nc(Br)cn3n2)c1C. The van der Waals surface area contributed by atoms with Crippen molar-refractivity contribution in [1.29, 1.82) is 0 Å². The van der Waals surface area contributed by atoms with Gasteiger partial charge in [0.15, 0.2) is 5.65 Å². The number of benzene rings is 1. The Morgan fingerprint density at radius 1 is 1.00 bits per heavy atom. The minimum absolute atomic E-state index is 0.802. The van der Waals surface area contributed by atoms with Gasteiger partial charge in [0.2, 0.25) is 0 Å². The van der Waals surface area contributed by atoms with Crippen molar-refractivity contribution in [2.24, 2.45) is 0 Å². The number of aromatic nitrogens is 3. The van der Waals surface area contributed by atoms with Gasteiger partial charge in [0.25, 0.3) is 0 Å². The van der Waals surface area contributed by atoms with Crippen LogP contribution in [0.3, 0.4) is 0 Å². The van der Waals surface area contributed by atoms with Crippen molar-refractivity contribution in [2.75, 3.05) is 0 Å². The first kappa shape index (κ1) is 13.3. The van der Waals surface area contributed by atoms with Crippen LogP contribution in [0.5, 0.6) is 0 Å². The van der Waals surface area contributed by atoms with Crippen molar-refractivity contribution >= 4 is 21.6 Å². The number of hydrogen-bond donors (Lipinski definition) is 0. The van der Waals surface area contributed by atoms with Crippen LogP contribution in [0.2, 0.25) is 0 Å². The van der Waals surface area contributed by atoms with Gasteiger partial charge in [0.05, 0.1) is 11.9 Å². The second kappa shape index (κ2) is 4.70. The highest BCUT2D eigenvalue weighted by Gasteiger charge is 2.12. The van der Waals surface area contributed by atoms with Crippen LogP contribution in [0.15, 0.2) is 29.0 Å². The number of nitrogens with zero attached hydrogens (tertiary/aromatic N) is 3. The number of hydrogen-bond acceptors (Lipinski definition) is 2. The third-order valence-electron chi connectivity index (χ3n) is 3.91. The van der Waals surface area contributed by atoms with Gasteiger partial charge < -0.3 is 0 Å². The fourth-order valence-electron chi connectivity index (χ4n) is 2.59. The van der Waals surface area contributed by atoms with E-state index in [9.17, 15) is 0 Å². The quantitative estimate of drug-likeness (QED) is 0.662. The highest BCUT2D eigenvalue weighted by Crippen LogP contribution is 2.30. The van der Waals surface area contributed by atoms with Gasteiger partial charge in [-0.15, -0.1) is 0 Å². The van der Waals surface area contributed by atoms with Gasteiger partial charge in [-0.3, -0.25) is 0 Å². The highest BCUT2D eigenvalue weighted by atomic mass is 79.9. The number of aryl methyl sites for hydroxylation is 2. The van der Waals surface area contributed by atoms with E-state index in [1.807, 2.05) is 22.8 Å². The Morgan fingerprint density at radius 2 is 1.65 bits per heavy atom. The maximum absolute atomic E-state index is 4.69. The van der Waals surface area contributed by atoms with Gasteiger partial charge >= 0.3 is 0 Å². The van der Waals surface area contributed by atoms with Crippen molar-refractivity contribution in [2.45, 2.75) is 27.7 Å². The lowest BCUT2D eigenvalue weighted by molar-refractivity contribution is 0.938. The second-order valence-corrected chi connectivity index (χ2v) is 6.03. The molecule has 102 valence electrons. The summed E-state index contributed by atoms with van der Waals surface area (Å²) < 4.78 is 2.62. The van der Waals surface area contributed by atoms with E-state index >= 15 is 0 Å². The normalized spacial score (nSPS) is 11.2. The molecule has 4 heteroatoms. The molecule has 0 radical (unpaired) electrons. The molecule has 0 atom stereocenters. The molecule has 20 heavy (non-hydrogen) atoms. The van der Waals surface area contributed by atoms with E-state index in [0.717, 1.165) is 15.9 Å². The first-order valence-electron chi connectivity index (χ1n) is 6.57. The molecule has 3 nitrogen and oxygen atoms in total. The molecule has 0 aliphatic carbocycles. The molecule has 2 aromatic heterocycles. The summed E-state index contributed by atoms with van der Waals surface area (Å²) in [6, 6.07) is 6.28. The topological polar surface area (TPSA) is 30.2 Å². The minimum atomic E-state index is 0.802. The minimum Gasteiger partial charge on any atom is -0.220 e. The van der Waals surface area contributed by atoms with E-state index in [2.05, 4.69) is 54.7 Å². The molecule has 0 unspecified atom stereocenters. The monoisotopic (exact) mass is 329 g/mol. The first-order valence-corrected chi connectivity index (χ1v) is 7.36. The molecule has 3 rings (SSSR count). The first-order chi connectivity index (χ1) is 9.47. The number of rotatable bonds is 1. The summed E-state index contributed by atoms with van der Waals surface area (Å²) in [6.45, 7) is 8.62. The Kier molecular flexibility index (Phi) is 3.13. The highest BCUT2D eigenvalue weighted by molar-refractivity contribution is 9.10. The Morgan fingerprint density at radius 3 is 2.30 bits per heavy atom. The predicted octanol–water partition coefficient (Wildman–Crippen LogP) is 4.39.